The molecule has 0 aromatic heterocycles. The predicted octanol–water partition coefficient (Wildman–Crippen LogP) is 3.07. The lowest BCUT2D eigenvalue weighted by Gasteiger charge is -2.22. The van der Waals surface area contributed by atoms with Gasteiger partial charge in [-0.3, -0.25) is 14.4 Å². The van der Waals surface area contributed by atoms with Gasteiger partial charge in [-0.15, -0.1) is 0 Å². The zero-order valence-electron chi connectivity index (χ0n) is 15.0. The summed E-state index contributed by atoms with van der Waals surface area (Å²) in [5.41, 5.74) is -0.409. The molecule has 0 amide bonds. The lowest BCUT2D eigenvalue weighted by molar-refractivity contribution is -0.149. The Morgan fingerprint density at radius 1 is 1.38 bits per heavy atom. The van der Waals surface area contributed by atoms with Gasteiger partial charge < -0.3 is 9.47 Å². The molecular formula is C19H28O5. The molecule has 0 bridgehead atoms. The Bertz CT molecular complexity index is 534. The molecule has 1 heterocycles. The van der Waals surface area contributed by atoms with Crippen LogP contribution in [0.25, 0.3) is 0 Å². The molecule has 4 atom stereocenters. The van der Waals surface area contributed by atoms with E-state index in [-0.39, 0.29) is 41.6 Å². The Morgan fingerprint density at radius 3 is 2.71 bits per heavy atom. The van der Waals surface area contributed by atoms with Gasteiger partial charge in [-0.25, -0.2) is 0 Å². The van der Waals surface area contributed by atoms with Crippen molar-refractivity contribution in [3.05, 3.63) is 12.2 Å². The molecule has 2 rings (SSSR count). The maximum atomic E-state index is 12.5. The van der Waals surface area contributed by atoms with Crippen LogP contribution in [0.1, 0.15) is 52.9 Å². The van der Waals surface area contributed by atoms with E-state index in [1.807, 2.05) is 19.9 Å². The summed E-state index contributed by atoms with van der Waals surface area (Å²) < 4.78 is 10.2. The van der Waals surface area contributed by atoms with Crippen LogP contribution in [-0.2, 0) is 23.9 Å². The standard InChI is InChI=1S/C19H28O5/c1-5-6-9-19(2,3)16(20)8-7-12-13-11-17(21)24-15(13)10-14(12)18(22)23-4/h7-8,12-15H,5-6,9-11H2,1-4H3/b8-7+. The van der Waals surface area contributed by atoms with Gasteiger partial charge in [-0.05, 0) is 24.8 Å². The smallest absolute Gasteiger partial charge is 0.309 e. The molecule has 0 aromatic rings. The summed E-state index contributed by atoms with van der Waals surface area (Å²) in [6, 6.07) is 0. The summed E-state index contributed by atoms with van der Waals surface area (Å²) in [6.07, 6.45) is 6.85. The van der Waals surface area contributed by atoms with Crippen LogP contribution in [0.15, 0.2) is 12.2 Å². The number of methoxy groups -OCH3 is 1. The first-order chi connectivity index (χ1) is 11.3. The van der Waals surface area contributed by atoms with Gasteiger partial charge in [-0.1, -0.05) is 39.7 Å². The van der Waals surface area contributed by atoms with Gasteiger partial charge in [0.05, 0.1) is 19.4 Å². The maximum Gasteiger partial charge on any atom is 0.309 e. The number of hydrogen-bond acceptors (Lipinski definition) is 5. The number of fused-ring (bicyclic) bond motifs is 1. The fourth-order valence-corrected chi connectivity index (χ4v) is 3.79. The highest BCUT2D eigenvalue weighted by Crippen LogP contribution is 2.46. The van der Waals surface area contributed by atoms with Crippen LogP contribution in [0.4, 0.5) is 0 Å². The minimum Gasteiger partial charge on any atom is -0.469 e. The molecule has 5 nitrogen and oxygen atoms in total. The van der Waals surface area contributed by atoms with Crippen molar-refractivity contribution in [2.45, 2.75) is 59.0 Å². The summed E-state index contributed by atoms with van der Waals surface area (Å²) >= 11 is 0. The summed E-state index contributed by atoms with van der Waals surface area (Å²) in [4.78, 5) is 36.1. The fourth-order valence-electron chi connectivity index (χ4n) is 3.79. The Balaban J connectivity index is 2.12. The predicted molar refractivity (Wildman–Crippen MR) is 89.1 cm³/mol. The molecule has 24 heavy (non-hydrogen) atoms. The van der Waals surface area contributed by atoms with E-state index < -0.39 is 5.41 Å². The van der Waals surface area contributed by atoms with Crippen LogP contribution in [-0.4, -0.2) is 30.9 Å². The quantitative estimate of drug-likeness (QED) is 0.528. The van der Waals surface area contributed by atoms with Gasteiger partial charge in [0.2, 0.25) is 0 Å². The molecule has 2 aliphatic rings. The Labute approximate surface area is 143 Å². The van der Waals surface area contributed by atoms with Crippen molar-refractivity contribution in [2.75, 3.05) is 7.11 Å². The highest BCUT2D eigenvalue weighted by molar-refractivity contribution is 5.94. The summed E-state index contributed by atoms with van der Waals surface area (Å²) in [6.45, 7) is 6.01. The lowest BCUT2D eigenvalue weighted by Crippen LogP contribution is -2.25. The molecule has 5 heteroatoms. The molecule has 4 unspecified atom stereocenters. The van der Waals surface area contributed by atoms with Crippen molar-refractivity contribution in [1.29, 1.82) is 0 Å². The second-order valence-corrected chi connectivity index (χ2v) is 7.55. The zero-order chi connectivity index (χ0) is 17.9. The number of hydrogen-bond donors (Lipinski definition) is 0. The second kappa shape index (κ2) is 7.49. The minimum absolute atomic E-state index is 0.0376. The van der Waals surface area contributed by atoms with Crippen molar-refractivity contribution in [3.63, 3.8) is 0 Å². The minimum atomic E-state index is -0.409. The maximum absolute atomic E-state index is 12.5. The van der Waals surface area contributed by atoms with E-state index in [0.717, 1.165) is 19.3 Å². The van der Waals surface area contributed by atoms with Crippen molar-refractivity contribution < 1.29 is 23.9 Å². The van der Waals surface area contributed by atoms with Crippen molar-refractivity contribution in [2.24, 2.45) is 23.2 Å². The van der Waals surface area contributed by atoms with E-state index >= 15 is 0 Å². The summed E-state index contributed by atoms with van der Waals surface area (Å²) in [5, 5.41) is 0. The summed E-state index contributed by atoms with van der Waals surface area (Å²) in [5.74, 6) is -1.02. The van der Waals surface area contributed by atoms with Gasteiger partial charge >= 0.3 is 11.9 Å². The number of carbonyl (C=O) groups is 3. The number of esters is 2. The molecular weight excluding hydrogens is 308 g/mol. The molecule has 1 saturated heterocycles. The van der Waals surface area contributed by atoms with Gasteiger partial charge in [0.1, 0.15) is 6.10 Å². The first-order valence-corrected chi connectivity index (χ1v) is 8.80. The van der Waals surface area contributed by atoms with Crippen molar-refractivity contribution in [3.8, 4) is 0 Å². The first-order valence-electron chi connectivity index (χ1n) is 8.80. The molecule has 0 radical (unpaired) electrons. The van der Waals surface area contributed by atoms with E-state index in [4.69, 9.17) is 9.47 Å². The SMILES string of the molecule is CCCCC(C)(C)C(=O)/C=C/C1C(C(=O)OC)CC2OC(=O)CC21. The third kappa shape index (κ3) is 3.87. The Hall–Kier alpha value is -1.65. The Morgan fingerprint density at radius 2 is 2.08 bits per heavy atom. The summed E-state index contributed by atoms with van der Waals surface area (Å²) in [7, 11) is 1.36. The first kappa shape index (κ1) is 18.7. The molecule has 0 spiro atoms. The Kier molecular flexibility index (Phi) is 5.83. The van der Waals surface area contributed by atoms with Crippen LogP contribution in [0.2, 0.25) is 0 Å². The van der Waals surface area contributed by atoms with E-state index in [1.54, 1.807) is 6.08 Å². The largest absolute Gasteiger partial charge is 0.469 e. The third-order valence-electron chi connectivity index (χ3n) is 5.40. The number of allylic oxidation sites excluding steroid dienone is 2. The monoisotopic (exact) mass is 336 g/mol. The lowest BCUT2D eigenvalue weighted by atomic mass is 9.81. The number of rotatable bonds is 7. The van der Waals surface area contributed by atoms with Crippen LogP contribution in [0, 0.1) is 23.2 Å². The molecule has 2 fully saturated rings. The number of carbonyl (C=O) groups excluding carboxylic acids is 3. The topological polar surface area (TPSA) is 69.7 Å². The molecule has 1 saturated carbocycles. The van der Waals surface area contributed by atoms with Crippen molar-refractivity contribution >= 4 is 17.7 Å². The van der Waals surface area contributed by atoms with Gasteiger partial charge in [0.25, 0.3) is 0 Å². The van der Waals surface area contributed by atoms with Gasteiger partial charge in [-0.2, -0.15) is 0 Å². The normalized spacial score (nSPS) is 29.6. The average molecular weight is 336 g/mol. The molecule has 134 valence electrons. The third-order valence-corrected chi connectivity index (χ3v) is 5.40. The molecule has 1 aliphatic heterocycles. The van der Waals surface area contributed by atoms with Crippen molar-refractivity contribution in [1.82, 2.24) is 0 Å². The van der Waals surface area contributed by atoms with Gasteiger partial charge in [0, 0.05) is 11.3 Å². The van der Waals surface area contributed by atoms with Gasteiger partial charge in [0.15, 0.2) is 5.78 Å². The highest BCUT2D eigenvalue weighted by atomic mass is 16.6. The average Bonchev–Trinajstić information content (AvgIpc) is 3.06. The molecule has 0 aromatic carbocycles. The second-order valence-electron chi connectivity index (χ2n) is 7.55. The number of ether oxygens (including phenoxy) is 2. The zero-order valence-corrected chi connectivity index (χ0v) is 15.0. The number of unbranched alkanes of at least 4 members (excludes halogenated alkanes) is 1. The van der Waals surface area contributed by atoms with Crippen LogP contribution in [0.3, 0.4) is 0 Å². The number of ketones is 1. The van der Waals surface area contributed by atoms with Crippen LogP contribution < -0.4 is 0 Å². The van der Waals surface area contributed by atoms with E-state index in [1.165, 1.54) is 7.11 Å². The highest BCUT2D eigenvalue weighted by Gasteiger charge is 2.51. The van der Waals surface area contributed by atoms with E-state index in [9.17, 15) is 14.4 Å². The molecule has 1 aliphatic carbocycles. The van der Waals surface area contributed by atoms with E-state index in [2.05, 4.69) is 6.92 Å². The van der Waals surface area contributed by atoms with Crippen LogP contribution in [0.5, 0.6) is 0 Å². The van der Waals surface area contributed by atoms with Crippen LogP contribution >= 0.6 is 0 Å². The molecule has 0 N–H and O–H groups in total. The fraction of sp³-hybridized carbons (Fsp3) is 0.737. The van der Waals surface area contributed by atoms with E-state index in [0.29, 0.717) is 12.8 Å².